The highest BCUT2D eigenvalue weighted by atomic mass is 16.5. The number of aryl methyl sites for hydroxylation is 1. The van der Waals surface area contributed by atoms with Crippen LogP contribution in [0.25, 0.3) is 0 Å². The van der Waals surface area contributed by atoms with Crippen LogP contribution in [0, 0.1) is 12.8 Å². The summed E-state index contributed by atoms with van der Waals surface area (Å²) < 4.78 is 5.14. The zero-order valence-electron chi connectivity index (χ0n) is 11.0. The van der Waals surface area contributed by atoms with Crippen LogP contribution in [-0.4, -0.2) is 37.6 Å². The maximum Gasteiger partial charge on any atom is 0.255 e. The molecule has 1 heterocycles. The van der Waals surface area contributed by atoms with Gasteiger partial charge in [0, 0.05) is 31.8 Å². The van der Waals surface area contributed by atoms with Crippen LogP contribution in [0.15, 0.2) is 18.2 Å². The lowest BCUT2D eigenvalue weighted by Gasteiger charge is -2.18. The second-order valence-corrected chi connectivity index (χ2v) is 4.95. The number of rotatable bonds is 3. The van der Waals surface area contributed by atoms with Crippen LogP contribution in [0.1, 0.15) is 22.3 Å². The number of likely N-dealkylation sites (tertiary alicyclic amines) is 1. The number of nitrogens with two attached hydrogens (primary N) is 1. The maximum absolute atomic E-state index is 12.4. The highest BCUT2D eigenvalue weighted by Crippen LogP contribution is 2.22. The molecule has 1 aliphatic heterocycles. The second-order valence-electron chi connectivity index (χ2n) is 4.95. The summed E-state index contributed by atoms with van der Waals surface area (Å²) in [6.45, 7) is 4.24. The van der Waals surface area contributed by atoms with Gasteiger partial charge in [0.2, 0.25) is 0 Å². The molecule has 0 aromatic heterocycles. The summed E-state index contributed by atoms with van der Waals surface area (Å²) in [6, 6.07) is 5.58. The van der Waals surface area contributed by atoms with E-state index in [-0.39, 0.29) is 5.91 Å². The van der Waals surface area contributed by atoms with Gasteiger partial charge in [-0.3, -0.25) is 4.79 Å². The molecule has 0 bridgehead atoms. The third-order valence-corrected chi connectivity index (χ3v) is 3.41. The number of carbonyl (C=O) groups is 1. The monoisotopic (exact) mass is 248 g/mol. The summed E-state index contributed by atoms with van der Waals surface area (Å²) in [6.07, 6.45) is 1.01. The predicted octanol–water partition coefficient (Wildman–Crippen LogP) is 1.69. The molecule has 1 aliphatic rings. The molecule has 0 aliphatic carbocycles. The topological polar surface area (TPSA) is 55.6 Å². The largest absolute Gasteiger partial charge is 0.398 e. The molecule has 1 amide bonds. The van der Waals surface area contributed by atoms with Crippen molar-refractivity contribution in [2.75, 3.05) is 32.5 Å². The normalized spacial score (nSPS) is 19.2. The lowest BCUT2D eigenvalue weighted by molar-refractivity contribution is 0.0776. The Bertz CT molecular complexity index is 445. The summed E-state index contributed by atoms with van der Waals surface area (Å²) in [5.41, 5.74) is 8.11. The smallest absolute Gasteiger partial charge is 0.255 e. The fourth-order valence-electron chi connectivity index (χ4n) is 2.41. The molecular formula is C14H20N2O2. The molecule has 4 heteroatoms. The van der Waals surface area contributed by atoms with Crippen molar-refractivity contribution in [2.45, 2.75) is 13.3 Å². The highest BCUT2D eigenvalue weighted by molar-refractivity contribution is 5.99. The molecule has 0 spiro atoms. The van der Waals surface area contributed by atoms with Crippen molar-refractivity contribution in [3.05, 3.63) is 29.3 Å². The van der Waals surface area contributed by atoms with Crippen molar-refractivity contribution in [2.24, 2.45) is 5.92 Å². The van der Waals surface area contributed by atoms with E-state index in [4.69, 9.17) is 10.5 Å². The zero-order chi connectivity index (χ0) is 13.1. The quantitative estimate of drug-likeness (QED) is 0.828. The first kappa shape index (κ1) is 12.9. The summed E-state index contributed by atoms with van der Waals surface area (Å²) in [7, 11) is 1.70. The third-order valence-electron chi connectivity index (χ3n) is 3.41. The van der Waals surface area contributed by atoms with E-state index in [1.807, 2.05) is 24.0 Å². The molecular weight excluding hydrogens is 228 g/mol. The lowest BCUT2D eigenvalue weighted by atomic mass is 10.1. The number of anilines is 1. The molecule has 98 valence electrons. The van der Waals surface area contributed by atoms with Gasteiger partial charge < -0.3 is 15.4 Å². The van der Waals surface area contributed by atoms with Crippen LogP contribution in [0.3, 0.4) is 0 Å². The van der Waals surface area contributed by atoms with Gasteiger partial charge >= 0.3 is 0 Å². The van der Waals surface area contributed by atoms with Gasteiger partial charge in [-0.2, -0.15) is 0 Å². The Hall–Kier alpha value is -1.55. The Labute approximate surface area is 108 Å². The van der Waals surface area contributed by atoms with Gasteiger partial charge in [0.05, 0.1) is 12.2 Å². The molecule has 2 rings (SSSR count). The van der Waals surface area contributed by atoms with E-state index in [9.17, 15) is 4.79 Å². The van der Waals surface area contributed by atoms with E-state index < -0.39 is 0 Å². The Morgan fingerprint density at radius 2 is 2.33 bits per heavy atom. The summed E-state index contributed by atoms with van der Waals surface area (Å²) in [5.74, 6) is 0.486. The average Bonchev–Trinajstić information content (AvgIpc) is 2.80. The number of nitrogens with zero attached hydrogens (tertiary/aromatic N) is 1. The summed E-state index contributed by atoms with van der Waals surface area (Å²) >= 11 is 0. The summed E-state index contributed by atoms with van der Waals surface area (Å²) in [5, 5.41) is 0. The lowest BCUT2D eigenvalue weighted by Crippen LogP contribution is -2.30. The Balaban J connectivity index is 2.10. The molecule has 18 heavy (non-hydrogen) atoms. The van der Waals surface area contributed by atoms with Crippen LogP contribution >= 0.6 is 0 Å². The molecule has 0 radical (unpaired) electrons. The number of methoxy groups -OCH3 is 1. The molecule has 4 nitrogen and oxygen atoms in total. The van der Waals surface area contributed by atoms with Crippen molar-refractivity contribution in [3.63, 3.8) is 0 Å². The van der Waals surface area contributed by atoms with Crippen molar-refractivity contribution < 1.29 is 9.53 Å². The fraction of sp³-hybridized carbons (Fsp3) is 0.500. The van der Waals surface area contributed by atoms with E-state index in [2.05, 4.69) is 0 Å². The van der Waals surface area contributed by atoms with Gasteiger partial charge in [-0.1, -0.05) is 11.6 Å². The maximum atomic E-state index is 12.4. The number of benzene rings is 1. The van der Waals surface area contributed by atoms with Crippen LogP contribution in [0.5, 0.6) is 0 Å². The van der Waals surface area contributed by atoms with Crippen LogP contribution in [0.4, 0.5) is 5.69 Å². The molecule has 2 N–H and O–H groups in total. The van der Waals surface area contributed by atoms with Crippen molar-refractivity contribution in [1.82, 2.24) is 4.90 Å². The van der Waals surface area contributed by atoms with Gasteiger partial charge in [-0.25, -0.2) is 0 Å². The number of amides is 1. The van der Waals surface area contributed by atoms with Gasteiger partial charge in [0.25, 0.3) is 5.91 Å². The van der Waals surface area contributed by atoms with Crippen LogP contribution < -0.4 is 5.73 Å². The minimum atomic E-state index is 0.0369. The van der Waals surface area contributed by atoms with Gasteiger partial charge in [0.15, 0.2) is 0 Å². The van der Waals surface area contributed by atoms with Gasteiger partial charge in [-0.15, -0.1) is 0 Å². The number of ether oxygens (including phenoxy) is 1. The summed E-state index contributed by atoms with van der Waals surface area (Å²) in [4.78, 5) is 14.2. The number of nitrogen functional groups attached to an aromatic ring is 1. The van der Waals surface area contributed by atoms with Gasteiger partial charge in [0.1, 0.15) is 0 Å². The molecule has 1 atom stereocenters. The fourth-order valence-corrected chi connectivity index (χ4v) is 2.41. The molecule has 1 aromatic carbocycles. The highest BCUT2D eigenvalue weighted by Gasteiger charge is 2.27. The van der Waals surface area contributed by atoms with E-state index in [1.165, 1.54) is 0 Å². The minimum absolute atomic E-state index is 0.0369. The Morgan fingerprint density at radius 3 is 3.06 bits per heavy atom. The standard InChI is InChI=1S/C14H20N2O2/c1-10-3-4-13(15)12(7-10)14(17)16-6-5-11(8-16)9-18-2/h3-4,7,11H,5-6,8-9,15H2,1-2H3. The second kappa shape index (κ2) is 5.40. The number of hydrogen-bond donors (Lipinski definition) is 1. The average molecular weight is 248 g/mol. The zero-order valence-corrected chi connectivity index (χ0v) is 11.0. The van der Waals surface area contributed by atoms with Crippen molar-refractivity contribution in [3.8, 4) is 0 Å². The molecule has 1 saturated heterocycles. The van der Waals surface area contributed by atoms with E-state index in [0.29, 0.717) is 23.8 Å². The van der Waals surface area contributed by atoms with Crippen molar-refractivity contribution in [1.29, 1.82) is 0 Å². The number of hydrogen-bond acceptors (Lipinski definition) is 3. The Kier molecular flexibility index (Phi) is 3.87. The van der Waals surface area contributed by atoms with E-state index in [1.54, 1.807) is 13.2 Å². The van der Waals surface area contributed by atoms with Gasteiger partial charge in [-0.05, 0) is 25.5 Å². The SMILES string of the molecule is COCC1CCN(C(=O)c2cc(C)ccc2N)C1. The molecule has 0 saturated carbocycles. The minimum Gasteiger partial charge on any atom is -0.398 e. The van der Waals surface area contributed by atoms with Crippen LogP contribution in [-0.2, 0) is 4.74 Å². The molecule has 1 unspecified atom stereocenters. The Morgan fingerprint density at radius 1 is 1.56 bits per heavy atom. The number of carbonyl (C=O) groups excluding carboxylic acids is 1. The van der Waals surface area contributed by atoms with Crippen molar-refractivity contribution >= 4 is 11.6 Å². The third kappa shape index (κ3) is 2.64. The molecule has 1 aromatic rings. The van der Waals surface area contributed by atoms with Crippen LogP contribution in [0.2, 0.25) is 0 Å². The van der Waals surface area contributed by atoms with E-state index in [0.717, 1.165) is 25.1 Å². The molecule has 1 fully saturated rings. The first-order valence-corrected chi connectivity index (χ1v) is 6.26. The first-order valence-electron chi connectivity index (χ1n) is 6.26. The van der Waals surface area contributed by atoms with E-state index >= 15 is 0 Å². The predicted molar refractivity (Wildman–Crippen MR) is 71.5 cm³/mol. The first-order chi connectivity index (χ1) is 8.61.